The summed E-state index contributed by atoms with van der Waals surface area (Å²) in [4.78, 5) is 11.1. The second-order valence-corrected chi connectivity index (χ2v) is 10.7. The van der Waals surface area contributed by atoms with E-state index in [1.54, 1.807) is 12.1 Å². The number of halogens is 5. The third kappa shape index (κ3) is 5.83. The number of alkyl halides is 3. The Morgan fingerprint density at radius 3 is 2.54 bits per heavy atom. The zero-order valence-corrected chi connectivity index (χ0v) is 20.9. The maximum Gasteiger partial charge on any atom is 0.416 e. The van der Waals surface area contributed by atoms with Crippen molar-refractivity contribution < 1.29 is 35.5 Å². The molecule has 0 aromatic heterocycles. The first-order valence-electron chi connectivity index (χ1n) is 11.0. The summed E-state index contributed by atoms with van der Waals surface area (Å²) in [7, 11) is -4.48. The van der Waals surface area contributed by atoms with Crippen LogP contribution < -0.4 is 14.4 Å². The molecule has 1 aliphatic heterocycles. The summed E-state index contributed by atoms with van der Waals surface area (Å²) < 4.78 is 87.7. The van der Waals surface area contributed by atoms with Crippen LogP contribution in [0.2, 0.25) is 5.02 Å². The number of carbonyl (C=O) groups excluding carboxylic acids is 1. The topological polar surface area (TPSA) is 75.7 Å². The van der Waals surface area contributed by atoms with E-state index < -0.39 is 38.5 Å². The maximum atomic E-state index is 14.1. The molecule has 4 rings (SSSR count). The zero-order valence-electron chi connectivity index (χ0n) is 19.4. The van der Waals surface area contributed by atoms with Gasteiger partial charge in [-0.25, -0.2) is 12.8 Å². The lowest BCUT2D eigenvalue weighted by atomic mass is 9.99. The van der Waals surface area contributed by atoms with Crippen LogP contribution in [-0.4, -0.2) is 26.9 Å². The zero-order chi connectivity index (χ0) is 27.0. The fourth-order valence-corrected chi connectivity index (χ4v) is 5.87. The van der Waals surface area contributed by atoms with Gasteiger partial charge in [-0.1, -0.05) is 29.8 Å². The molecule has 12 heteroatoms. The van der Waals surface area contributed by atoms with Gasteiger partial charge in [0, 0.05) is 18.6 Å². The van der Waals surface area contributed by atoms with Crippen LogP contribution in [0.5, 0.6) is 5.75 Å². The van der Waals surface area contributed by atoms with Gasteiger partial charge in [-0.15, -0.1) is 0 Å². The molecule has 0 fully saturated rings. The van der Waals surface area contributed by atoms with Gasteiger partial charge in [0.25, 0.3) is 10.0 Å². The van der Waals surface area contributed by atoms with Crippen molar-refractivity contribution >= 4 is 33.2 Å². The maximum absolute atomic E-state index is 14.1. The van der Waals surface area contributed by atoms with Gasteiger partial charge in [-0.2, -0.15) is 13.2 Å². The number of hydrogen-bond donors (Lipinski definition) is 1. The summed E-state index contributed by atoms with van der Waals surface area (Å²) in [5, 5.41) is 2.83. The van der Waals surface area contributed by atoms with Crippen LogP contribution >= 0.6 is 11.6 Å². The number of ether oxygens (including phenoxy) is 1. The van der Waals surface area contributed by atoms with Crippen molar-refractivity contribution in [3.63, 3.8) is 0 Å². The molecule has 0 saturated heterocycles. The summed E-state index contributed by atoms with van der Waals surface area (Å²) in [5.41, 5.74) is -0.294. The Morgan fingerprint density at radius 2 is 1.86 bits per heavy atom. The molecular formula is C25H21ClF4N2O4S. The Balaban J connectivity index is 1.72. The van der Waals surface area contributed by atoms with Gasteiger partial charge in [0.1, 0.15) is 18.2 Å². The Hall–Kier alpha value is -3.31. The molecule has 1 aliphatic rings. The second kappa shape index (κ2) is 10.2. The monoisotopic (exact) mass is 556 g/mol. The van der Waals surface area contributed by atoms with E-state index in [4.69, 9.17) is 16.3 Å². The number of fused-ring (bicyclic) bond motifs is 1. The molecule has 1 amide bonds. The minimum absolute atomic E-state index is 0.112. The molecule has 1 atom stereocenters. The lowest BCUT2D eigenvalue weighted by Gasteiger charge is -2.35. The highest BCUT2D eigenvalue weighted by Crippen LogP contribution is 2.37. The number of carbonyl (C=O) groups is 1. The summed E-state index contributed by atoms with van der Waals surface area (Å²) >= 11 is 6.04. The number of amides is 1. The van der Waals surface area contributed by atoms with Gasteiger partial charge < -0.3 is 10.1 Å². The Morgan fingerprint density at radius 1 is 1.14 bits per heavy atom. The average molecular weight is 557 g/mol. The number of nitrogens with one attached hydrogen (secondary N) is 1. The molecule has 1 unspecified atom stereocenters. The average Bonchev–Trinajstić information content (AvgIpc) is 2.82. The van der Waals surface area contributed by atoms with Crippen molar-refractivity contribution in [2.75, 3.05) is 10.8 Å². The quantitative estimate of drug-likeness (QED) is 0.416. The lowest BCUT2D eigenvalue weighted by molar-refractivity contribution is -0.137. The first-order chi connectivity index (χ1) is 17.4. The molecule has 0 saturated carbocycles. The first kappa shape index (κ1) is 26.7. The Labute approximate surface area is 215 Å². The van der Waals surface area contributed by atoms with E-state index in [0.29, 0.717) is 11.6 Å². The fourth-order valence-electron chi connectivity index (χ4n) is 4.06. The van der Waals surface area contributed by atoms with Crippen LogP contribution in [0.1, 0.15) is 23.6 Å². The van der Waals surface area contributed by atoms with E-state index in [1.807, 2.05) is 0 Å². The summed E-state index contributed by atoms with van der Waals surface area (Å²) in [6, 6.07) is 11.6. The highest BCUT2D eigenvalue weighted by Gasteiger charge is 2.36. The number of hydrogen-bond acceptors (Lipinski definition) is 4. The van der Waals surface area contributed by atoms with E-state index in [-0.39, 0.29) is 47.5 Å². The number of benzene rings is 3. The molecule has 0 radical (unpaired) electrons. The standard InChI is InChI=1S/C25H21ClF4N2O4S/c1-15(33)31-18-10-16-8-9-19(36-14-21-22(26)6-3-7-23(21)27)12-24(16)32(13-18)37(34,35)20-5-2-4-17(11-20)25(28,29)30/h2-9,11-12,18H,10,13-14H2,1H3,(H,31,33). The number of nitrogens with zero attached hydrogens (tertiary/aromatic N) is 1. The van der Waals surface area contributed by atoms with Crippen LogP contribution in [0, 0.1) is 5.82 Å². The smallest absolute Gasteiger partial charge is 0.416 e. The highest BCUT2D eigenvalue weighted by molar-refractivity contribution is 7.92. The van der Waals surface area contributed by atoms with Crippen LogP contribution in [0.4, 0.5) is 23.2 Å². The summed E-state index contributed by atoms with van der Waals surface area (Å²) in [6.45, 7) is 0.832. The van der Waals surface area contributed by atoms with Crippen molar-refractivity contribution in [3.05, 3.63) is 88.2 Å². The second-order valence-electron chi connectivity index (χ2n) is 8.44. The third-order valence-electron chi connectivity index (χ3n) is 5.78. The van der Waals surface area contributed by atoms with Crippen LogP contribution in [0.15, 0.2) is 65.6 Å². The molecule has 6 nitrogen and oxygen atoms in total. The van der Waals surface area contributed by atoms with E-state index >= 15 is 0 Å². The summed E-state index contributed by atoms with van der Waals surface area (Å²) in [6.07, 6.45) is -4.46. The molecule has 196 valence electrons. The summed E-state index contributed by atoms with van der Waals surface area (Å²) in [5.74, 6) is -0.760. The minimum Gasteiger partial charge on any atom is -0.489 e. The van der Waals surface area contributed by atoms with E-state index in [0.717, 1.165) is 22.5 Å². The minimum atomic E-state index is -4.74. The third-order valence-corrected chi connectivity index (χ3v) is 7.91. The van der Waals surface area contributed by atoms with E-state index in [1.165, 1.54) is 31.2 Å². The van der Waals surface area contributed by atoms with Gasteiger partial charge in [-0.05, 0) is 48.4 Å². The molecule has 37 heavy (non-hydrogen) atoms. The van der Waals surface area contributed by atoms with Gasteiger partial charge in [0.2, 0.25) is 5.91 Å². The molecular weight excluding hydrogens is 536 g/mol. The predicted molar refractivity (Wildman–Crippen MR) is 129 cm³/mol. The molecule has 0 bridgehead atoms. The number of sulfonamides is 1. The van der Waals surface area contributed by atoms with Gasteiger partial charge in [-0.3, -0.25) is 9.10 Å². The van der Waals surface area contributed by atoms with Crippen LogP contribution in [-0.2, 0) is 34.0 Å². The fraction of sp³-hybridized carbons (Fsp3) is 0.240. The van der Waals surface area contributed by atoms with Crippen LogP contribution in [0.3, 0.4) is 0 Å². The van der Waals surface area contributed by atoms with E-state index in [2.05, 4.69) is 5.32 Å². The predicted octanol–water partition coefficient (Wildman–Crippen LogP) is 5.33. The van der Waals surface area contributed by atoms with Gasteiger partial charge in [0.15, 0.2) is 0 Å². The molecule has 0 aliphatic carbocycles. The molecule has 1 heterocycles. The van der Waals surface area contributed by atoms with Crippen molar-refractivity contribution in [2.24, 2.45) is 0 Å². The van der Waals surface area contributed by atoms with Crippen molar-refractivity contribution in [1.29, 1.82) is 0 Å². The van der Waals surface area contributed by atoms with Crippen molar-refractivity contribution in [2.45, 2.75) is 37.1 Å². The van der Waals surface area contributed by atoms with Crippen molar-refractivity contribution in [1.82, 2.24) is 5.32 Å². The largest absolute Gasteiger partial charge is 0.489 e. The Kier molecular flexibility index (Phi) is 7.38. The van der Waals surface area contributed by atoms with Gasteiger partial charge in [0.05, 0.1) is 33.8 Å². The van der Waals surface area contributed by atoms with Crippen LogP contribution in [0.25, 0.3) is 0 Å². The molecule has 1 N–H and O–H groups in total. The SMILES string of the molecule is CC(=O)NC1Cc2ccc(OCc3c(F)cccc3Cl)cc2N(S(=O)(=O)c2cccc(C(F)(F)F)c2)C1. The molecule has 3 aromatic rings. The highest BCUT2D eigenvalue weighted by atomic mass is 35.5. The Bertz CT molecular complexity index is 1430. The van der Waals surface area contributed by atoms with Crippen molar-refractivity contribution in [3.8, 4) is 5.75 Å². The first-order valence-corrected chi connectivity index (χ1v) is 12.8. The van der Waals surface area contributed by atoms with Gasteiger partial charge >= 0.3 is 6.18 Å². The lowest BCUT2D eigenvalue weighted by Crippen LogP contribution is -2.49. The number of rotatable bonds is 6. The number of anilines is 1. The molecule has 0 spiro atoms. The normalized spacial score (nSPS) is 15.7. The molecule has 3 aromatic carbocycles. The van der Waals surface area contributed by atoms with E-state index in [9.17, 15) is 30.8 Å².